The van der Waals surface area contributed by atoms with Crippen LogP contribution in [0.3, 0.4) is 0 Å². The average molecular weight is 497 g/mol. The highest BCUT2D eigenvalue weighted by Gasteiger charge is 2.35. The second kappa shape index (κ2) is 6.06. The van der Waals surface area contributed by atoms with Crippen LogP contribution >= 0.6 is 59.1 Å². The van der Waals surface area contributed by atoms with Gasteiger partial charge in [0.1, 0.15) is 5.82 Å². The molecular weight excluding hydrogens is 492 g/mol. The van der Waals surface area contributed by atoms with Crippen LogP contribution in [-0.4, -0.2) is 0 Å². The van der Waals surface area contributed by atoms with Crippen LogP contribution in [0, 0.1) is 5.82 Å². The standard InChI is InChI=1S/C12H5Br3F4S/c13-8-4-6(11(15)20-8)9(14)5-2-1-3-7(10(5)16)12(17,18)19/h1-4,9H. The van der Waals surface area contributed by atoms with E-state index in [0.29, 0.717) is 5.56 Å². The lowest BCUT2D eigenvalue weighted by atomic mass is 10.0. The molecule has 2 aromatic rings. The lowest BCUT2D eigenvalue weighted by Crippen LogP contribution is -2.10. The monoisotopic (exact) mass is 494 g/mol. The molecule has 1 heterocycles. The first-order chi connectivity index (χ1) is 9.21. The molecule has 2 rings (SSSR count). The van der Waals surface area contributed by atoms with E-state index in [-0.39, 0.29) is 5.56 Å². The van der Waals surface area contributed by atoms with Crippen LogP contribution < -0.4 is 0 Å². The van der Waals surface area contributed by atoms with E-state index in [2.05, 4.69) is 47.8 Å². The molecular formula is C12H5Br3F4S. The van der Waals surface area contributed by atoms with Crippen LogP contribution in [0.25, 0.3) is 0 Å². The van der Waals surface area contributed by atoms with E-state index < -0.39 is 22.4 Å². The molecule has 1 aromatic carbocycles. The van der Waals surface area contributed by atoms with Crippen molar-refractivity contribution in [1.29, 1.82) is 0 Å². The van der Waals surface area contributed by atoms with Gasteiger partial charge in [0.05, 0.1) is 18.0 Å². The normalized spacial score (nSPS) is 13.6. The summed E-state index contributed by atoms with van der Waals surface area (Å²) in [6.07, 6.45) is -4.71. The maximum atomic E-state index is 14.1. The van der Waals surface area contributed by atoms with E-state index in [0.717, 1.165) is 13.6 Å². The van der Waals surface area contributed by atoms with Crippen molar-refractivity contribution < 1.29 is 17.6 Å². The molecule has 0 radical (unpaired) electrons. The van der Waals surface area contributed by atoms with Gasteiger partial charge >= 0.3 is 6.18 Å². The maximum absolute atomic E-state index is 14.1. The van der Waals surface area contributed by atoms with Gasteiger partial charge < -0.3 is 0 Å². The fraction of sp³-hybridized carbons (Fsp3) is 0.167. The van der Waals surface area contributed by atoms with Crippen molar-refractivity contribution in [1.82, 2.24) is 0 Å². The molecule has 0 saturated carbocycles. The summed E-state index contributed by atoms with van der Waals surface area (Å²) in [6, 6.07) is 5.00. The van der Waals surface area contributed by atoms with Crippen LogP contribution in [-0.2, 0) is 6.18 Å². The van der Waals surface area contributed by atoms with Gasteiger partial charge in [0.15, 0.2) is 0 Å². The van der Waals surface area contributed by atoms with Crippen LogP contribution in [0.1, 0.15) is 21.5 Å². The first-order valence-electron chi connectivity index (χ1n) is 5.16. The lowest BCUT2D eigenvalue weighted by Gasteiger charge is -2.15. The molecule has 1 aromatic heterocycles. The Morgan fingerprint density at radius 1 is 1.10 bits per heavy atom. The number of benzene rings is 1. The molecule has 0 fully saturated rings. The number of hydrogen-bond donors (Lipinski definition) is 0. The fourth-order valence-corrected chi connectivity index (χ4v) is 5.73. The highest BCUT2D eigenvalue weighted by atomic mass is 79.9. The molecule has 0 aliphatic heterocycles. The van der Waals surface area contributed by atoms with Gasteiger partial charge in [-0.25, -0.2) is 4.39 Å². The van der Waals surface area contributed by atoms with Gasteiger partial charge in [-0.2, -0.15) is 13.2 Å². The smallest absolute Gasteiger partial charge is 0.206 e. The number of alkyl halides is 4. The van der Waals surface area contributed by atoms with E-state index in [1.807, 2.05) is 0 Å². The van der Waals surface area contributed by atoms with Gasteiger partial charge in [0.25, 0.3) is 0 Å². The molecule has 1 atom stereocenters. The van der Waals surface area contributed by atoms with E-state index in [9.17, 15) is 17.6 Å². The van der Waals surface area contributed by atoms with E-state index in [4.69, 9.17) is 0 Å². The second-order valence-corrected chi connectivity index (χ2v) is 8.51. The Balaban J connectivity index is 2.51. The summed E-state index contributed by atoms with van der Waals surface area (Å²) in [5.74, 6) is -1.25. The van der Waals surface area contributed by atoms with Crippen LogP contribution in [0.15, 0.2) is 31.8 Å². The minimum atomic E-state index is -4.71. The number of rotatable bonds is 2. The van der Waals surface area contributed by atoms with Crippen molar-refractivity contribution in [3.63, 3.8) is 0 Å². The van der Waals surface area contributed by atoms with Crippen molar-refractivity contribution in [2.75, 3.05) is 0 Å². The Morgan fingerprint density at radius 2 is 1.75 bits per heavy atom. The minimum Gasteiger partial charge on any atom is -0.206 e. The number of hydrogen-bond acceptors (Lipinski definition) is 1. The molecule has 0 nitrogen and oxygen atoms in total. The summed E-state index contributed by atoms with van der Waals surface area (Å²) in [6.45, 7) is 0. The van der Waals surface area contributed by atoms with Crippen molar-refractivity contribution in [3.05, 3.63) is 54.3 Å². The SMILES string of the molecule is Fc1c(C(Br)c2cc(Br)sc2Br)cccc1C(F)(F)F. The second-order valence-electron chi connectivity index (χ2n) is 3.85. The highest BCUT2D eigenvalue weighted by molar-refractivity contribution is 9.12. The third kappa shape index (κ3) is 3.28. The molecule has 108 valence electrons. The highest BCUT2D eigenvalue weighted by Crippen LogP contribution is 2.44. The quantitative estimate of drug-likeness (QED) is 0.313. The van der Waals surface area contributed by atoms with Crippen molar-refractivity contribution in [3.8, 4) is 0 Å². The third-order valence-corrected chi connectivity index (χ3v) is 5.94. The summed E-state index contributed by atoms with van der Waals surface area (Å²) in [4.78, 5) is -0.665. The Hall–Kier alpha value is 0.0800. The molecule has 0 bridgehead atoms. The first kappa shape index (κ1) is 16.5. The topological polar surface area (TPSA) is 0 Å². The van der Waals surface area contributed by atoms with Crippen LogP contribution in [0.5, 0.6) is 0 Å². The summed E-state index contributed by atoms with van der Waals surface area (Å²) in [5.41, 5.74) is -0.643. The summed E-state index contributed by atoms with van der Waals surface area (Å²) in [7, 11) is 0. The lowest BCUT2D eigenvalue weighted by molar-refractivity contribution is -0.140. The first-order valence-corrected chi connectivity index (χ1v) is 8.48. The van der Waals surface area contributed by atoms with E-state index in [1.54, 1.807) is 6.07 Å². The predicted molar refractivity (Wildman–Crippen MR) is 81.9 cm³/mol. The Bertz CT molecular complexity index is 636. The zero-order valence-corrected chi connectivity index (χ0v) is 15.0. The molecule has 8 heteroatoms. The third-order valence-electron chi connectivity index (χ3n) is 2.56. The minimum absolute atomic E-state index is 0.0502. The van der Waals surface area contributed by atoms with E-state index in [1.165, 1.54) is 23.5 Å². The summed E-state index contributed by atoms with van der Waals surface area (Å²) < 4.78 is 53.7. The zero-order valence-electron chi connectivity index (χ0n) is 9.44. The molecule has 0 aliphatic rings. The predicted octanol–water partition coefficient (Wildman–Crippen LogP) is 6.92. The van der Waals surface area contributed by atoms with Crippen molar-refractivity contribution in [2.24, 2.45) is 0 Å². The molecule has 0 N–H and O–H groups in total. The van der Waals surface area contributed by atoms with Gasteiger partial charge in [-0.05, 0) is 49.6 Å². The number of halogens is 7. The Morgan fingerprint density at radius 3 is 2.25 bits per heavy atom. The Labute approximate surface area is 141 Å². The van der Waals surface area contributed by atoms with Crippen molar-refractivity contribution in [2.45, 2.75) is 11.0 Å². The fourth-order valence-electron chi connectivity index (χ4n) is 1.66. The van der Waals surface area contributed by atoms with Gasteiger partial charge in [0, 0.05) is 5.56 Å². The molecule has 20 heavy (non-hydrogen) atoms. The Kier molecular flexibility index (Phi) is 4.98. The summed E-state index contributed by atoms with van der Waals surface area (Å²) in [5, 5.41) is 0. The largest absolute Gasteiger partial charge is 0.419 e. The van der Waals surface area contributed by atoms with Gasteiger partial charge in [-0.15, -0.1) is 11.3 Å². The molecule has 0 aliphatic carbocycles. The maximum Gasteiger partial charge on any atom is 0.419 e. The van der Waals surface area contributed by atoms with Gasteiger partial charge in [0.2, 0.25) is 0 Å². The van der Waals surface area contributed by atoms with Crippen LogP contribution in [0.4, 0.5) is 17.6 Å². The van der Waals surface area contributed by atoms with Crippen LogP contribution in [0.2, 0.25) is 0 Å². The van der Waals surface area contributed by atoms with Crippen molar-refractivity contribution >= 4 is 59.1 Å². The zero-order chi connectivity index (χ0) is 15.1. The molecule has 0 saturated heterocycles. The summed E-state index contributed by atoms with van der Waals surface area (Å²) >= 11 is 11.2. The van der Waals surface area contributed by atoms with Gasteiger partial charge in [-0.1, -0.05) is 28.1 Å². The molecule has 0 amide bonds. The van der Waals surface area contributed by atoms with E-state index >= 15 is 0 Å². The van der Waals surface area contributed by atoms with Gasteiger partial charge in [-0.3, -0.25) is 0 Å². The number of thiophene rings is 1. The average Bonchev–Trinajstić information content (AvgIpc) is 2.66. The molecule has 0 spiro atoms. The molecule has 1 unspecified atom stereocenters.